The van der Waals surface area contributed by atoms with Crippen LogP contribution in [0, 0.1) is 0 Å². The molecule has 1 heterocycles. The van der Waals surface area contributed by atoms with Crippen molar-refractivity contribution in [1.82, 2.24) is 9.80 Å². The molecule has 2 atom stereocenters. The number of amides is 2. The minimum Gasteiger partial charge on any atom is -0.469 e. The molecule has 1 aromatic carbocycles. The lowest BCUT2D eigenvalue weighted by molar-refractivity contribution is -0.140. The van der Waals surface area contributed by atoms with Gasteiger partial charge in [0, 0.05) is 19.1 Å². The van der Waals surface area contributed by atoms with Crippen LogP contribution < -0.4 is 0 Å². The van der Waals surface area contributed by atoms with Gasteiger partial charge in [0.2, 0.25) is 0 Å². The summed E-state index contributed by atoms with van der Waals surface area (Å²) >= 11 is 0. The molecule has 8 heteroatoms. The third-order valence-electron chi connectivity index (χ3n) is 5.64. The number of ether oxygens (including phenoxy) is 3. The number of carbonyl (C=O) groups excluding carboxylic acids is 3. The molecule has 1 fully saturated rings. The number of likely N-dealkylation sites (tertiary alicyclic amines) is 1. The molecule has 0 radical (unpaired) electrons. The zero-order valence-electron chi connectivity index (χ0n) is 20.8. The number of methoxy groups -OCH3 is 1. The molecule has 2 amide bonds. The predicted octanol–water partition coefficient (Wildman–Crippen LogP) is 4.92. The third-order valence-corrected chi connectivity index (χ3v) is 5.64. The second-order valence-corrected chi connectivity index (χ2v) is 9.45. The molecule has 188 valence electrons. The Bertz CT molecular complexity index is 820. The number of carbonyl (C=O) groups is 3. The monoisotopic (exact) mass is 474 g/mol. The molecule has 0 unspecified atom stereocenters. The molecule has 0 N–H and O–H groups in total. The number of nitrogens with zero attached hydrogens (tertiary/aromatic N) is 2. The minimum atomic E-state index is -0.633. The lowest BCUT2D eigenvalue weighted by Gasteiger charge is -2.35. The summed E-state index contributed by atoms with van der Waals surface area (Å²) in [5, 5.41) is 0. The molecule has 1 aliphatic rings. The summed E-state index contributed by atoms with van der Waals surface area (Å²) in [5.41, 5.74) is 0.233. The molecule has 1 aromatic rings. The van der Waals surface area contributed by atoms with Crippen molar-refractivity contribution in [2.75, 3.05) is 20.2 Å². The second-order valence-electron chi connectivity index (χ2n) is 9.45. The number of allylic oxidation sites excluding steroid dienone is 1. The summed E-state index contributed by atoms with van der Waals surface area (Å²) in [6, 6.07) is 9.14. The molecule has 8 nitrogen and oxygen atoms in total. The topological polar surface area (TPSA) is 85.4 Å². The number of hydrogen-bond donors (Lipinski definition) is 0. The van der Waals surface area contributed by atoms with Crippen molar-refractivity contribution >= 4 is 18.2 Å². The maximum atomic E-state index is 13.1. The Labute approximate surface area is 202 Å². The van der Waals surface area contributed by atoms with Crippen LogP contribution in [0.3, 0.4) is 0 Å². The van der Waals surface area contributed by atoms with Gasteiger partial charge in [-0.3, -0.25) is 4.79 Å². The second kappa shape index (κ2) is 13.0. The highest BCUT2D eigenvalue weighted by Crippen LogP contribution is 2.30. The van der Waals surface area contributed by atoms with E-state index in [1.54, 1.807) is 4.90 Å². The molecule has 2 rings (SSSR count). The smallest absolute Gasteiger partial charge is 0.410 e. The van der Waals surface area contributed by atoms with Crippen molar-refractivity contribution in [1.29, 1.82) is 0 Å². The van der Waals surface area contributed by atoms with E-state index in [1.807, 2.05) is 57.2 Å². The molecule has 1 aliphatic heterocycles. The Hall–Kier alpha value is -3.03. The summed E-state index contributed by atoms with van der Waals surface area (Å²) < 4.78 is 15.9. The van der Waals surface area contributed by atoms with Gasteiger partial charge in [-0.25, -0.2) is 9.59 Å². The van der Waals surface area contributed by atoms with E-state index in [-0.39, 0.29) is 38.2 Å². The normalized spacial score (nSPS) is 17.7. The molecule has 0 saturated carbocycles. The fourth-order valence-corrected chi connectivity index (χ4v) is 4.00. The Morgan fingerprint density at radius 3 is 2.44 bits per heavy atom. The van der Waals surface area contributed by atoms with E-state index in [0.29, 0.717) is 0 Å². The zero-order valence-corrected chi connectivity index (χ0v) is 20.8. The summed E-state index contributed by atoms with van der Waals surface area (Å²) in [4.78, 5) is 41.1. The van der Waals surface area contributed by atoms with Gasteiger partial charge in [0.1, 0.15) is 12.2 Å². The Morgan fingerprint density at radius 2 is 1.82 bits per heavy atom. The number of benzene rings is 1. The first-order chi connectivity index (χ1) is 16.1. The highest BCUT2D eigenvalue weighted by Gasteiger charge is 2.40. The Morgan fingerprint density at radius 1 is 1.15 bits per heavy atom. The van der Waals surface area contributed by atoms with E-state index in [9.17, 15) is 14.4 Å². The molecular formula is C26H38N2O6. The van der Waals surface area contributed by atoms with Crippen LogP contribution >= 0.6 is 0 Å². The van der Waals surface area contributed by atoms with Gasteiger partial charge < -0.3 is 24.0 Å². The van der Waals surface area contributed by atoms with E-state index in [1.165, 1.54) is 12.0 Å². The first-order valence-corrected chi connectivity index (χ1v) is 11.8. The van der Waals surface area contributed by atoms with Gasteiger partial charge in [0.25, 0.3) is 0 Å². The van der Waals surface area contributed by atoms with Crippen LogP contribution in [0.25, 0.3) is 0 Å². The van der Waals surface area contributed by atoms with Gasteiger partial charge in [0.15, 0.2) is 0 Å². The highest BCUT2D eigenvalue weighted by molar-refractivity contribution is 5.72. The zero-order chi connectivity index (χ0) is 25.1. The molecule has 0 spiro atoms. The summed E-state index contributed by atoms with van der Waals surface area (Å²) in [5.74, 6) is -0.417. The van der Waals surface area contributed by atoms with Crippen LogP contribution in [0.15, 0.2) is 43.0 Å². The molecule has 0 aromatic heterocycles. The summed E-state index contributed by atoms with van der Waals surface area (Å²) in [6.45, 7) is 9.78. The van der Waals surface area contributed by atoms with Crippen molar-refractivity contribution in [2.45, 2.75) is 77.2 Å². The van der Waals surface area contributed by atoms with Gasteiger partial charge in [-0.1, -0.05) is 36.4 Å². The average molecular weight is 475 g/mol. The fourth-order valence-electron chi connectivity index (χ4n) is 4.00. The van der Waals surface area contributed by atoms with E-state index in [0.717, 1.165) is 31.2 Å². The lowest BCUT2D eigenvalue weighted by Crippen LogP contribution is -2.49. The standard InChI is InChI=1S/C26H38N2O6/c1-6-7-13-21-14-15-22(28(21)25(31)34-26(2,3)4)18-27(17-16-23(29)32-5)24(30)33-19-20-11-9-8-10-12-20/h6,8-12,21-22H,1,7,13-19H2,2-5H3/t21-,22-/m0/s1. The van der Waals surface area contributed by atoms with Crippen molar-refractivity contribution in [3.05, 3.63) is 48.6 Å². The first-order valence-electron chi connectivity index (χ1n) is 11.8. The Kier molecular flexibility index (Phi) is 10.4. The molecule has 0 bridgehead atoms. The van der Waals surface area contributed by atoms with E-state index in [2.05, 4.69) is 6.58 Å². The van der Waals surface area contributed by atoms with Crippen LogP contribution in [-0.2, 0) is 25.6 Å². The number of esters is 1. The van der Waals surface area contributed by atoms with Crippen LogP contribution in [0.4, 0.5) is 9.59 Å². The lowest BCUT2D eigenvalue weighted by atomic mass is 10.1. The average Bonchev–Trinajstić information content (AvgIpc) is 3.20. The fraction of sp³-hybridized carbons (Fsp3) is 0.577. The van der Waals surface area contributed by atoms with Crippen LogP contribution in [0.5, 0.6) is 0 Å². The van der Waals surface area contributed by atoms with Gasteiger partial charge >= 0.3 is 18.2 Å². The highest BCUT2D eigenvalue weighted by atomic mass is 16.6. The van der Waals surface area contributed by atoms with Crippen LogP contribution in [-0.4, -0.2) is 65.8 Å². The maximum absolute atomic E-state index is 13.1. The van der Waals surface area contributed by atoms with Gasteiger partial charge in [0.05, 0.1) is 19.6 Å². The van der Waals surface area contributed by atoms with Crippen LogP contribution in [0.2, 0.25) is 0 Å². The van der Waals surface area contributed by atoms with E-state index < -0.39 is 23.8 Å². The van der Waals surface area contributed by atoms with E-state index >= 15 is 0 Å². The van der Waals surface area contributed by atoms with Crippen molar-refractivity contribution in [3.63, 3.8) is 0 Å². The van der Waals surface area contributed by atoms with Crippen molar-refractivity contribution < 1.29 is 28.6 Å². The maximum Gasteiger partial charge on any atom is 0.410 e. The van der Waals surface area contributed by atoms with Crippen LogP contribution in [0.1, 0.15) is 58.4 Å². The molecular weight excluding hydrogens is 436 g/mol. The van der Waals surface area contributed by atoms with Crippen molar-refractivity contribution in [3.8, 4) is 0 Å². The van der Waals surface area contributed by atoms with E-state index in [4.69, 9.17) is 14.2 Å². The SMILES string of the molecule is C=CCC[C@H]1CC[C@@H](CN(CCC(=O)OC)C(=O)OCc2ccccc2)N1C(=O)OC(C)(C)C. The molecule has 34 heavy (non-hydrogen) atoms. The predicted molar refractivity (Wildman–Crippen MR) is 129 cm³/mol. The van der Waals surface area contributed by atoms with Crippen molar-refractivity contribution in [2.24, 2.45) is 0 Å². The van der Waals surface area contributed by atoms with Gasteiger partial charge in [-0.05, 0) is 52.0 Å². The quantitative estimate of drug-likeness (QED) is 0.272. The molecule has 1 saturated heterocycles. The molecule has 0 aliphatic carbocycles. The summed E-state index contributed by atoms with van der Waals surface area (Å²) in [7, 11) is 1.31. The Balaban J connectivity index is 2.15. The number of hydrogen-bond acceptors (Lipinski definition) is 6. The number of rotatable bonds is 10. The largest absolute Gasteiger partial charge is 0.469 e. The third kappa shape index (κ3) is 8.72. The van der Waals surface area contributed by atoms with Gasteiger partial charge in [-0.2, -0.15) is 0 Å². The van der Waals surface area contributed by atoms with Gasteiger partial charge in [-0.15, -0.1) is 6.58 Å². The first kappa shape index (κ1) is 27.2. The summed E-state index contributed by atoms with van der Waals surface area (Å²) in [6.07, 6.45) is 4.03. The minimum absolute atomic E-state index is 0.000598.